The van der Waals surface area contributed by atoms with Crippen molar-refractivity contribution in [3.05, 3.63) is 47.4 Å². The highest BCUT2D eigenvalue weighted by Gasteiger charge is 2.19. The number of hydrogen-bond donors (Lipinski definition) is 2. The van der Waals surface area contributed by atoms with Gasteiger partial charge in [0.2, 0.25) is 11.8 Å². The SMILES string of the molecule is Cc1noc(NS(=O)(=O)c2ccc(NC(=O)Cn3nncc3C)cc2)c1C. The molecule has 2 heterocycles. The molecule has 1 aromatic carbocycles. The summed E-state index contributed by atoms with van der Waals surface area (Å²) in [4.78, 5) is 12.1. The Hall–Kier alpha value is -3.21. The van der Waals surface area contributed by atoms with Crippen molar-refractivity contribution in [2.75, 3.05) is 10.0 Å². The molecule has 0 unspecified atom stereocenters. The highest BCUT2D eigenvalue weighted by atomic mass is 32.2. The molecule has 0 radical (unpaired) electrons. The van der Waals surface area contributed by atoms with Gasteiger partial charge in [-0.15, -0.1) is 5.10 Å². The monoisotopic (exact) mass is 390 g/mol. The molecule has 3 aromatic rings. The second-order valence-electron chi connectivity index (χ2n) is 5.93. The van der Waals surface area contributed by atoms with E-state index in [4.69, 9.17) is 4.52 Å². The van der Waals surface area contributed by atoms with Crippen LogP contribution in [0.5, 0.6) is 0 Å². The fourth-order valence-electron chi connectivity index (χ4n) is 2.21. The van der Waals surface area contributed by atoms with Crippen LogP contribution in [-0.2, 0) is 21.4 Å². The van der Waals surface area contributed by atoms with Gasteiger partial charge in [-0.05, 0) is 45.0 Å². The van der Waals surface area contributed by atoms with Crippen molar-refractivity contribution < 1.29 is 17.7 Å². The van der Waals surface area contributed by atoms with Crippen molar-refractivity contribution in [1.29, 1.82) is 0 Å². The number of rotatable bonds is 6. The van der Waals surface area contributed by atoms with Gasteiger partial charge in [-0.3, -0.25) is 4.79 Å². The van der Waals surface area contributed by atoms with Gasteiger partial charge in [0.1, 0.15) is 6.54 Å². The van der Waals surface area contributed by atoms with E-state index in [-0.39, 0.29) is 23.2 Å². The first-order chi connectivity index (χ1) is 12.8. The Morgan fingerprint density at radius 3 is 2.44 bits per heavy atom. The van der Waals surface area contributed by atoms with E-state index in [1.54, 1.807) is 27.0 Å². The lowest BCUT2D eigenvalue weighted by Gasteiger charge is -2.08. The molecule has 0 fully saturated rings. The number of nitrogens with one attached hydrogen (secondary N) is 2. The third-order valence-electron chi connectivity index (χ3n) is 3.94. The number of aromatic nitrogens is 4. The lowest BCUT2D eigenvalue weighted by molar-refractivity contribution is -0.117. The van der Waals surface area contributed by atoms with Crippen LogP contribution in [0.3, 0.4) is 0 Å². The molecule has 0 spiro atoms. The van der Waals surface area contributed by atoms with Gasteiger partial charge >= 0.3 is 0 Å². The van der Waals surface area contributed by atoms with Gasteiger partial charge < -0.3 is 9.84 Å². The Morgan fingerprint density at radius 2 is 1.89 bits per heavy atom. The topological polar surface area (TPSA) is 132 Å². The Bertz CT molecular complexity index is 1070. The Labute approximate surface area is 155 Å². The summed E-state index contributed by atoms with van der Waals surface area (Å²) in [7, 11) is -3.83. The second kappa shape index (κ2) is 7.19. The van der Waals surface area contributed by atoms with Crippen molar-refractivity contribution in [2.45, 2.75) is 32.2 Å². The molecule has 142 valence electrons. The predicted octanol–water partition coefficient (Wildman–Crippen LogP) is 1.63. The summed E-state index contributed by atoms with van der Waals surface area (Å²) in [6.07, 6.45) is 1.55. The van der Waals surface area contributed by atoms with Crippen LogP contribution >= 0.6 is 0 Å². The Morgan fingerprint density at radius 1 is 1.19 bits per heavy atom. The van der Waals surface area contributed by atoms with E-state index >= 15 is 0 Å². The molecule has 0 saturated carbocycles. The van der Waals surface area contributed by atoms with Gasteiger partial charge in [-0.2, -0.15) is 0 Å². The fraction of sp³-hybridized carbons (Fsp3) is 0.250. The number of carbonyl (C=O) groups excluding carboxylic acids is 1. The van der Waals surface area contributed by atoms with Crippen LogP contribution in [0.1, 0.15) is 17.0 Å². The summed E-state index contributed by atoms with van der Waals surface area (Å²) in [6.45, 7) is 5.23. The summed E-state index contributed by atoms with van der Waals surface area (Å²) in [5.74, 6) is -0.224. The summed E-state index contributed by atoms with van der Waals surface area (Å²) < 4.78 is 33.7. The molecule has 0 saturated heterocycles. The van der Waals surface area contributed by atoms with Gasteiger partial charge in [0.25, 0.3) is 10.0 Å². The molecule has 0 aliphatic rings. The molecular weight excluding hydrogens is 372 g/mol. The minimum atomic E-state index is -3.83. The highest BCUT2D eigenvalue weighted by molar-refractivity contribution is 7.92. The van der Waals surface area contributed by atoms with Crippen molar-refractivity contribution >= 4 is 27.5 Å². The van der Waals surface area contributed by atoms with Crippen molar-refractivity contribution in [3.63, 3.8) is 0 Å². The molecular formula is C16H18N6O4S. The second-order valence-corrected chi connectivity index (χ2v) is 7.62. The number of amides is 1. The molecule has 2 aromatic heterocycles. The number of sulfonamides is 1. The van der Waals surface area contributed by atoms with Gasteiger partial charge in [0.05, 0.1) is 22.5 Å². The van der Waals surface area contributed by atoms with E-state index in [1.807, 2.05) is 0 Å². The molecule has 2 N–H and O–H groups in total. The van der Waals surface area contributed by atoms with Crippen LogP contribution in [0, 0.1) is 20.8 Å². The van der Waals surface area contributed by atoms with E-state index in [9.17, 15) is 13.2 Å². The molecule has 11 heteroatoms. The Kier molecular flexibility index (Phi) is 4.95. The minimum absolute atomic E-state index is 0.0115. The zero-order chi connectivity index (χ0) is 19.6. The summed E-state index contributed by atoms with van der Waals surface area (Å²) in [6, 6.07) is 5.77. The molecule has 0 aliphatic carbocycles. The summed E-state index contributed by atoms with van der Waals surface area (Å²) in [5.41, 5.74) is 2.44. The lowest BCUT2D eigenvalue weighted by atomic mass is 10.3. The zero-order valence-electron chi connectivity index (χ0n) is 14.9. The zero-order valence-corrected chi connectivity index (χ0v) is 15.7. The molecule has 10 nitrogen and oxygen atoms in total. The molecule has 0 aliphatic heterocycles. The maximum Gasteiger partial charge on any atom is 0.264 e. The van der Waals surface area contributed by atoms with Gasteiger partial charge in [-0.25, -0.2) is 17.8 Å². The predicted molar refractivity (Wildman–Crippen MR) is 96.6 cm³/mol. The van der Waals surface area contributed by atoms with E-state index in [0.29, 0.717) is 16.9 Å². The summed E-state index contributed by atoms with van der Waals surface area (Å²) >= 11 is 0. The molecule has 27 heavy (non-hydrogen) atoms. The number of anilines is 2. The normalized spacial score (nSPS) is 11.4. The van der Waals surface area contributed by atoms with Crippen molar-refractivity contribution in [2.24, 2.45) is 0 Å². The van der Waals surface area contributed by atoms with Gasteiger partial charge in [0.15, 0.2) is 0 Å². The molecule has 0 atom stereocenters. The number of benzene rings is 1. The van der Waals surface area contributed by atoms with E-state index < -0.39 is 10.0 Å². The third kappa shape index (κ3) is 4.14. The van der Waals surface area contributed by atoms with E-state index in [0.717, 1.165) is 5.69 Å². The van der Waals surface area contributed by atoms with Crippen LogP contribution in [0.15, 0.2) is 39.9 Å². The van der Waals surface area contributed by atoms with E-state index in [1.165, 1.54) is 28.9 Å². The lowest BCUT2D eigenvalue weighted by Crippen LogP contribution is -2.20. The third-order valence-corrected chi connectivity index (χ3v) is 5.28. The quantitative estimate of drug-likeness (QED) is 0.654. The van der Waals surface area contributed by atoms with Crippen molar-refractivity contribution in [3.8, 4) is 0 Å². The first kappa shape index (κ1) is 18.6. The largest absolute Gasteiger partial charge is 0.337 e. The molecule has 1 amide bonds. The average Bonchev–Trinajstić information content (AvgIpc) is 3.15. The smallest absolute Gasteiger partial charge is 0.264 e. The van der Waals surface area contributed by atoms with Crippen LogP contribution < -0.4 is 10.0 Å². The standard InChI is InChI=1S/C16H18N6O4S/c1-10-8-17-21-22(10)9-15(23)18-13-4-6-14(7-5-13)27(24,25)20-16-11(2)12(3)19-26-16/h4-8,20H,9H2,1-3H3,(H,18,23). The van der Waals surface area contributed by atoms with Crippen molar-refractivity contribution in [1.82, 2.24) is 20.2 Å². The number of aryl methyl sites for hydroxylation is 2. The maximum absolute atomic E-state index is 12.4. The summed E-state index contributed by atoms with van der Waals surface area (Å²) in [5, 5.41) is 13.9. The molecule has 0 bridgehead atoms. The maximum atomic E-state index is 12.4. The number of nitrogens with zero attached hydrogens (tertiary/aromatic N) is 4. The van der Waals surface area contributed by atoms with Gasteiger partial charge in [-0.1, -0.05) is 10.4 Å². The first-order valence-electron chi connectivity index (χ1n) is 7.97. The highest BCUT2D eigenvalue weighted by Crippen LogP contribution is 2.22. The van der Waals surface area contributed by atoms with Crippen LogP contribution in [0.4, 0.5) is 11.6 Å². The van der Waals surface area contributed by atoms with Crippen LogP contribution in [0.2, 0.25) is 0 Å². The average molecular weight is 390 g/mol. The van der Waals surface area contributed by atoms with E-state index in [2.05, 4.69) is 25.5 Å². The minimum Gasteiger partial charge on any atom is -0.337 e. The Balaban J connectivity index is 1.68. The van der Waals surface area contributed by atoms with Crippen LogP contribution in [-0.4, -0.2) is 34.5 Å². The number of carbonyl (C=O) groups is 1. The van der Waals surface area contributed by atoms with Gasteiger partial charge in [0, 0.05) is 11.3 Å². The number of hydrogen-bond acceptors (Lipinski definition) is 7. The molecule has 3 rings (SSSR count). The van der Waals surface area contributed by atoms with Crippen LogP contribution in [0.25, 0.3) is 0 Å². The first-order valence-corrected chi connectivity index (χ1v) is 9.45. The fourth-order valence-corrected chi connectivity index (χ4v) is 3.26.